The van der Waals surface area contributed by atoms with Crippen LogP contribution in [0.25, 0.3) is 0 Å². The third-order valence-electron chi connectivity index (χ3n) is 2.79. The summed E-state index contributed by atoms with van der Waals surface area (Å²) in [5, 5.41) is 13.5. The fourth-order valence-corrected chi connectivity index (χ4v) is 2.36. The molecule has 0 unspecified atom stereocenters. The molecule has 1 heterocycles. The molecule has 1 aromatic rings. The van der Waals surface area contributed by atoms with E-state index in [-0.39, 0.29) is 12.5 Å². The molecule has 21 heavy (non-hydrogen) atoms. The molecular weight excluding hydrogens is 288 g/mol. The Morgan fingerprint density at radius 1 is 1.52 bits per heavy atom. The number of likely N-dealkylation sites (N-methyl/N-ethyl adjacent to an activating group) is 1. The lowest BCUT2D eigenvalue weighted by Crippen LogP contribution is -2.34. The Morgan fingerprint density at radius 2 is 2.33 bits per heavy atom. The zero-order valence-electron chi connectivity index (χ0n) is 12.5. The van der Waals surface area contributed by atoms with Crippen LogP contribution in [0.3, 0.4) is 0 Å². The highest BCUT2D eigenvalue weighted by molar-refractivity contribution is 7.12. The van der Waals surface area contributed by atoms with E-state index in [0.29, 0.717) is 24.4 Å². The number of carbonyl (C=O) groups is 1. The molecule has 0 spiro atoms. The van der Waals surface area contributed by atoms with E-state index in [1.807, 2.05) is 18.5 Å². The second kappa shape index (κ2) is 10.4. The van der Waals surface area contributed by atoms with Gasteiger partial charge in [0.2, 0.25) is 0 Å². The van der Waals surface area contributed by atoms with Crippen molar-refractivity contribution >= 4 is 17.2 Å². The summed E-state index contributed by atoms with van der Waals surface area (Å²) in [6.07, 6.45) is 0.418. The van der Waals surface area contributed by atoms with Crippen molar-refractivity contribution < 1.29 is 14.6 Å². The van der Waals surface area contributed by atoms with Crippen molar-refractivity contribution in [3.05, 3.63) is 21.9 Å². The Hall–Kier alpha value is -1.39. The first kappa shape index (κ1) is 17.7. The highest BCUT2D eigenvalue weighted by atomic mass is 32.1. The van der Waals surface area contributed by atoms with E-state index >= 15 is 0 Å². The Kier molecular flexibility index (Phi) is 8.71. The lowest BCUT2D eigenvalue weighted by Gasteiger charge is -2.15. The zero-order valence-corrected chi connectivity index (χ0v) is 13.3. The fraction of sp³-hybridized carbons (Fsp3) is 0.533. The number of aliphatic hydroxyl groups excluding tert-OH is 1. The number of nitrogens with one attached hydrogen (secondary N) is 1. The maximum Gasteiger partial charge on any atom is 0.262 e. The van der Waals surface area contributed by atoms with Crippen molar-refractivity contribution in [3.8, 4) is 11.8 Å². The second-order valence-corrected chi connectivity index (χ2v) is 5.41. The Bertz CT molecular complexity index is 491. The summed E-state index contributed by atoms with van der Waals surface area (Å²) in [6.45, 7) is 2.90. The van der Waals surface area contributed by atoms with Gasteiger partial charge in [0.05, 0.1) is 13.2 Å². The molecule has 0 saturated heterocycles. The number of ether oxygens (including phenoxy) is 1. The van der Waals surface area contributed by atoms with Crippen molar-refractivity contribution in [2.24, 2.45) is 0 Å². The van der Waals surface area contributed by atoms with Gasteiger partial charge >= 0.3 is 0 Å². The number of amides is 1. The quantitative estimate of drug-likeness (QED) is 0.697. The van der Waals surface area contributed by atoms with Crippen LogP contribution in [0.1, 0.15) is 21.7 Å². The van der Waals surface area contributed by atoms with E-state index in [9.17, 15) is 4.79 Å². The van der Waals surface area contributed by atoms with E-state index in [1.165, 1.54) is 11.3 Å². The molecule has 0 aliphatic carbocycles. The third kappa shape index (κ3) is 6.74. The van der Waals surface area contributed by atoms with Crippen LogP contribution in [-0.2, 0) is 4.74 Å². The molecule has 1 aromatic heterocycles. The molecule has 0 aliphatic rings. The number of thiophene rings is 1. The molecule has 1 rings (SSSR count). The molecule has 116 valence electrons. The summed E-state index contributed by atoms with van der Waals surface area (Å²) in [7, 11) is 3.66. The van der Waals surface area contributed by atoms with Gasteiger partial charge in [-0.05, 0) is 18.5 Å². The van der Waals surface area contributed by atoms with Crippen molar-refractivity contribution in [2.75, 3.05) is 47.0 Å². The number of hydrogen-bond donors (Lipinski definition) is 2. The number of nitrogens with zero attached hydrogens (tertiary/aromatic N) is 1. The highest BCUT2D eigenvalue weighted by Gasteiger charge is 2.11. The Morgan fingerprint density at radius 3 is 3.05 bits per heavy atom. The molecule has 0 atom stereocenters. The lowest BCUT2D eigenvalue weighted by atomic mass is 10.2. The number of aliphatic hydroxyl groups is 1. The minimum atomic E-state index is -0.0987. The second-order valence-electron chi connectivity index (χ2n) is 4.49. The highest BCUT2D eigenvalue weighted by Crippen LogP contribution is 2.15. The van der Waals surface area contributed by atoms with E-state index in [1.54, 1.807) is 7.11 Å². The van der Waals surface area contributed by atoms with Crippen LogP contribution >= 0.6 is 11.3 Å². The standard InChI is InChI=1S/C15H22N2O3S/c1-17(9-11-20-2)8-7-16-15(19)14-13(6-12-21-14)5-3-4-10-18/h6,12,18H,4,7-11H2,1-2H3,(H,16,19). The average Bonchev–Trinajstić information content (AvgIpc) is 2.94. The minimum absolute atomic E-state index is 0.0342. The molecule has 1 amide bonds. The van der Waals surface area contributed by atoms with Crippen LogP contribution in [0.2, 0.25) is 0 Å². The molecule has 0 bridgehead atoms. The molecule has 0 radical (unpaired) electrons. The van der Waals surface area contributed by atoms with Crippen LogP contribution in [0.15, 0.2) is 11.4 Å². The minimum Gasteiger partial charge on any atom is -0.395 e. The summed E-state index contributed by atoms with van der Waals surface area (Å²) in [5.41, 5.74) is 0.721. The van der Waals surface area contributed by atoms with Crippen LogP contribution < -0.4 is 5.32 Å². The summed E-state index contributed by atoms with van der Waals surface area (Å²) in [5.74, 6) is 5.65. The normalized spacial score (nSPS) is 10.3. The maximum atomic E-state index is 12.1. The van der Waals surface area contributed by atoms with Gasteiger partial charge in [0.25, 0.3) is 5.91 Å². The monoisotopic (exact) mass is 310 g/mol. The van der Waals surface area contributed by atoms with Gasteiger partial charge in [-0.1, -0.05) is 11.8 Å². The van der Waals surface area contributed by atoms with Crippen LogP contribution in [0.4, 0.5) is 0 Å². The molecule has 2 N–H and O–H groups in total. The van der Waals surface area contributed by atoms with Crippen molar-refractivity contribution in [1.82, 2.24) is 10.2 Å². The smallest absolute Gasteiger partial charge is 0.262 e. The first-order valence-electron chi connectivity index (χ1n) is 6.82. The molecule has 0 saturated carbocycles. The molecule has 6 heteroatoms. The Balaban J connectivity index is 2.43. The summed E-state index contributed by atoms with van der Waals surface area (Å²) >= 11 is 1.38. The predicted octanol–water partition coefficient (Wildman–Crippen LogP) is 0.790. The number of methoxy groups -OCH3 is 1. The van der Waals surface area contributed by atoms with Gasteiger partial charge < -0.3 is 20.1 Å². The van der Waals surface area contributed by atoms with Crippen LogP contribution in [0.5, 0.6) is 0 Å². The first-order chi connectivity index (χ1) is 10.2. The van der Waals surface area contributed by atoms with Crippen molar-refractivity contribution in [2.45, 2.75) is 6.42 Å². The first-order valence-corrected chi connectivity index (χ1v) is 7.70. The van der Waals surface area contributed by atoms with E-state index in [4.69, 9.17) is 9.84 Å². The van der Waals surface area contributed by atoms with E-state index in [2.05, 4.69) is 22.1 Å². The molecule has 0 aromatic carbocycles. The van der Waals surface area contributed by atoms with Crippen LogP contribution in [-0.4, -0.2) is 62.9 Å². The van der Waals surface area contributed by atoms with Crippen LogP contribution in [0, 0.1) is 11.8 Å². The molecule has 5 nitrogen and oxygen atoms in total. The van der Waals surface area contributed by atoms with Gasteiger partial charge in [0, 0.05) is 38.7 Å². The molecule has 0 fully saturated rings. The van der Waals surface area contributed by atoms with E-state index < -0.39 is 0 Å². The lowest BCUT2D eigenvalue weighted by molar-refractivity contribution is 0.0951. The molecule has 0 aliphatic heterocycles. The summed E-state index contributed by atoms with van der Waals surface area (Å²) < 4.78 is 5.00. The van der Waals surface area contributed by atoms with Gasteiger partial charge in [-0.25, -0.2) is 0 Å². The van der Waals surface area contributed by atoms with Gasteiger partial charge in [0.1, 0.15) is 4.88 Å². The topological polar surface area (TPSA) is 61.8 Å². The Labute approximate surface area is 129 Å². The average molecular weight is 310 g/mol. The van der Waals surface area contributed by atoms with Gasteiger partial charge in [-0.2, -0.15) is 0 Å². The maximum absolute atomic E-state index is 12.1. The summed E-state index contributed by atoms with van der Waals surface area (Å²) in [4.78, 5) is 14.8. The van der Waals surface area contributed by atoms with Gasteiger partial charge in [0.15, 0.2) is 0 Å². The zero-order chi connectivity index (χ0) is 15.5. The number of rotatable bonds is 8. The number of hydrogen-bond acceptors (Lipinski definition) is 5. The predicted molar refractivity (Wildman–Crippen MR) is 84.6 cm³/mol. The van der Waals surface area contributed by atoms with Crippen molar-refractivity contribution in [1.29, 1.82) is 0 Å². The number of carbonyl (C=O) groups excluding carboxylic acids is 1. The van der Waals surface area contributed by atoms with Gasteiger partial charge in [-0.15, -0.1) is 11.3 Å². The van der Waals surface area contributed by atoms with Gasteiger partial charge in [-0.3, -0.25) is 4.79 Å². The van der Waals surface area contributed by atoms with E-state index in [0.717, 1.165) is 18.7 Å². The third-order valence-corrected chi connectivity index (χ3v) is 3.70. The van der Waals surface area contributed by atoms with Crippen molar-refractivity contribution in [3.63, 3.8) is 0 Å². The SMILES string of the molecule is COCCN(C)CCNC(=O)c1sccc1C#CCCO. The fourth-order valence-electron chi connectivity index (χ4n) is 1.60. The largest absolute Gasteiger partial charge is 0.395 e. The molecular formula is C15H22N2O3S. The summed E-state index contributed by atoms with van der Waals surface area (Å²) in [6, 6.07) is 1.83.